The molecule has 0 saturated heterocycles. The van der Waals surface area contributed by atoms with Crippen molar-refractivity contribution in [3.05, 3.63) is 59.1 Å². The Morgan fingerprint density at radius 1 is 1.07 bits per heavy atom. The molecule has 28 heavy (non-hydrogen) atoms. The van der Waals surface area contributed by atoms with E-state index in [-0.39, 0.29) is 11.5 Å². The van der Waals surface area contributed by atoms with Crippen molar-refractivity contribution in [2.24, 2.45) is 0 Å². The van der Waals surface area contributed by atoms with Gasteiger partial charge >= 0.3 is 0 Å². The fourth-order valence-electron chi connectivity index (χ4n) is 3.13. The molecule has 0 aliphatic rings. The average Bonchev–Trinajstić information content (AvgIpc) is 3.17. The van der Waals surface area contributed by atoms with Crippen LogP contribution < -0.4 is 10.9 Å². The van der Waals surface area contributed by atoms with Crippen LogP contribution in [0.3, 0.4) is 0 Å². The van der Waals surface area contributed by atoms with Crippen molar-refractivity contribution in [2.45, 2.75) is 32.2 Å². The number of anilines is 1. The number of hydrogen-bond acceptors (Lipinski definition) is 5. The molecular weight excluding hydrogens is 356 g/mol. The summed E-state index contributed by atoms with van der Waals surface area (Å²) in [6.45, 7) is 0.495. The molecule has 0 fully saturated rings. The number of nitrogens with one attached hydrogen (secondary N) is 2. The second-order valence-electron chi connectivity index (χ2n) is 6.63. The van der Waals surface area contributed by atoms with Gasteiger partial charge in [0.05, 0.1) is 22.7 Å². The van der Waals surface area contributed by atoms with E-state index < -0.39 is 0 Å². The number of rotatable bonds is 7. The van der Waals surface area contributed by atoms with Crippen LogP contribution in [-0.4, -0.2) is 30.9 Å². The van der Waals surface area contributed by atoms with Crippen molar-refractivity contribution in [3.63, 3.8) is 0 Å². The Labute approximate surface area is 160 Å². The number of nitrogens with zero attached hydrogens (tertiary/aromatic N) is 4. The highest BCUT2D eigenvalue weighted by Gasteiger charge is 2.06. The number of amides is 1. The smallest absolute Gasteiger partial charge is 0.277 e. The normalized spacial score (nSPS) is 11.1. The molecule has 0 radical (unpaired) electrons. The molecule has 0 atom stereocenters. The van der Waals surface area contributed by atoms with E-state index in [1.807, 2.05) is 30.3 Å². The summed E-state index contributed by atoms with van der Waals surface area (Å²) >= 11 is 0. The van der Waals surface area contributed by atoms with Crippen molar-refractivity contribution in [2.75, 3.05) is 5.32 Å². The first-order valence-electron chi connectivity index (χ1n) is 9.26. The highest BCUT2D eigenvalue weighted by atomic mass is 16.1. The van der Waals surface area contributed by atoms with Gasteiger partial charge in [-0.1, -0.05) is 23.8 Å². The van der Waals surface area contributed by atoms with E-state index in [1.54, 1.807) is 18.5 Å². The van der Waals surface area contributed by atoms with Gasteiger partial charge in [-0.15, -0.1) is 5.10 Å². The number of hydrogen-bond donors (Lipinski definition) is 2. The lowest BCUT2D eigenvalue weighted by Crippen LogP contribution is -2.24. The molecule has 4 rings (SSSR count). The summed E-state index contributed by atoms with van der Waals surface area (Å²) in [5.74, 6) is -0.0264. The minimum absolute atomic E-state index is 0.0264. The lowest BCUT2D eigenvalue weighted by molar-refractivity contribution is -0.116. The monoisotopic (exact) mass is 376 g/mol. The van der Waals surface area contributed by atoms with E-state index in [2.05, 4.69) is 25.6 Å². The molecule has 8 heteroatoms. The highest BCUT2D eigenvalue weighted by Crippen LogP contribution is 2.16. The third kappa shape index (κ3) is 3.90. The average molecular weight is 376 g/mol. The first kappa shape index (κ1) is 17.8. The number of aryl methyl sites for hydroxylation is 1. The van der Waals surface area contributed by atoms with Gasteiger partial charge < -0.3 is 10.3 Å². The van der Waals surface area contributed by atoms with E-state index in [1.165, 1.54) is 4.68 Å². The fourth-order valence-corrected chi connectivity index (χ4v) is 3.13. The van der Waals surface area contributed by atoms with E-state index in [0.29, 0.717) is 23.9 Å². The zero-order valence-electron chi connectivity index (χ0n) is 15.3. The molecule has 2 heterocycles. The summed E-state index contributed by atoms with van der Waals surface area (Å²) in [6.07, 6.45) is 4.39. The maximum Gasteiger partial charge on any atom is 0.277 e. The van der Waals surface area contributed by atoms with Gasteiger partial charge in [-0.3, -0.25) is 9.59 Å². The number of fused-ring (bicyclic) bond motifs is 2. The summed E-state index contributed by atoms with van der Waals surface area (Å²) in [4.78, 5) is 31.7. The molecule has 2 aromatic heterocycles. The molecule has 2 aromatic carbocycles. The summed E-state index contributed by atoms with van der Waals surface area (Å²) < 4.78 is 1.39. The Kier molecular flexibility index (Phi) is 5.09. The van der Waals surface area contributed by atoms with Crippen LogP contribution >= 0.6 is 0 Å². The molecule has 0 aliphatic carbocycles. The number of unbranched alkanes of at least 4 members (excludes halogenated alkanes) is 2. The van der Waals surface area contributed by atoms with Crippen molar-refractivity contribution >= 4 is 33.5 Å². The number of aromatic amines is 1. The van der Waals surface area contributed by atoms with Crippen LogP contribution in [-0.2, 0) is 11.3 Å². The second kappa shape index (κ2) is 7.99. The van der Waals surface area contributed by atoms with Gasteiger partial charge in [0.15, 0.2) is 0 Å². The third-order valence-corrected chi connectivity index (χ3v) is 4.61. The molecule has 8 nitrogen and oxygen atoms in total. The standard InChI is InChI=1S/C20H20N6O2/c27-19(23-14-9-10-17-18(12-14)22-13-21-17)8-2-1-5-11-26-20(28)15-6-3-4-7-16(15)24-25-26/h3-4,6-7,9-10,12-13H,1-2,5,8,11H2,(H,21,22)(H,23,27). The topological polar surface area (TPSA) is 106 Å². The Bertz CT molecular complexity index is 1180. The maximum atomic E-state index is 12.4. The maximum absolute atomic E-state index is 12.4. The molecule has 142 valence electrons. The Hall–Kier alpha value is -3.55. The van der Waals surface area contributed by atoms with Crippen LogP contribution in [0.15, 0.2) is 53.6 Å². The number of H-pyrrole nitrogens is 1. The molecular formula is C20H20N6O2. The SMILES string of the molecule is O=C(CCCCCn1nnc2ccccc2c1=O)Nc1ccc2nc[nH]c2c1. The van der Waals surface area contributed by atoms with E-state index in [9.17, 15) is 9.59 Å². The molecule has 4 aromatic rings. The number of aromatic nitrogens is 5. The zero-order chi connectivity index (χ0) is 19.3. The summed E-state index contributed by atoms with van der Waals surface area (Å²) in [6, 6.07) is 12.8. The van der Waals surface area contributed by atoms with Gasteiger partial charge in [-0.2, -0.15) is 0 Å². The van der Waals surface area contributed by atoms with Crippen LogP contribution in [0.1, 0.15) is 25.7 Å². The molecule has 0 saturated carbocycles. The Morgan fingerprint density at radius 3 is 2.89 bits per heavy atom. The number of benzene rings is 2. The van der Waals surface area contributed by atoms with Gasteiger partial charge in [0.1, 0.15) is 5.52 Å². The van der Waals surface area contributed by atoms with Crippen molar-refractivity contribution in [3.8, 4) is 0 Å². The van der Waals surface area contributed by atoms with Crippen LogP contribution in [0.5, 0.6) is 0 Å². The molecule has 1 amide bonds. The summed E-state index contributed by atoms with van der Waals surface area (Å²) in [5.41, 5.74) is 2.98. The summed E-state index contributed by atoms with van der Waals surface area (Å²) in [5, 5.41) is 11.5. The molecule has 0 spiro atoms. The Morgan fingerprint density at radius 2 is 1.96 bits per heavy atom. The minimum Gasteiger partial charge on any atom is -0.345 e. The van der Waals surface area contributed by atoms with Gasteiger partial charge in [0.2, 0.25) is 5.91 Å². The molecule has 0 bridgehead atoms. The van der Waals surface area contributed by atoms with Crippen molar-refractivity contribution < 1.29 is 4.79 Å². The number of imidazole rings is 1. The number of carbonyl (C=O) groups excluding carboxylic acids is 1. The van der Waals surface area contributed by atoms with Crippen LogP contribution in [0.25, 0.3) is 21.9 Å². The minimum atomic E-state index is -0.127. The first-order chi connectivity index (χ1) is 13.7. The third-order valence-electron chi connectivity index (χ3n) is 4.61. The largest absolute Gasteiger partial charge is 0.345 e. The highest BCUT2D eigenvalue weighted by molar-refractivity contribution is 5.92. The fraction of sp³-hybridized carbons (Fsp3) is 0.250. The van der Waals surface area contributed by atoms with E-state index >= 15 is 0 Å². The first-order valence-corrected chi connectivity index (χ1v) is 9.26. The lowest BCUT2D eigenvalue weighted by Gasteiger charge is -2.06. The lowest BCUT2D eigenvalue weighted by atomic mass is 10.2. The van der Waals surface area contributed by atoms with Crippen molar-refractivity contribution in [1.82, 2.24) is 25.0 Å². The molecule has 2 N–H and O–H groups in total. The van der Waals surface area contributed by atoms with Gasteiger partial charge in [-0.25, -0.2) is 9.67 Å². The zero-order valence-corrected chi connectivity index (χ0v) is 15.3. The molecule has 0 unspecified atom stereocenters. The Balaban J connectivity index is 1.24. The van der Waals surface area contributed by atoms with Gasteiger partial charge in [0, 0.05) is 18.7 Å². The van der Waals surface area contributed by atoms with E-state index in [0.717, 1.165) is 36.0 Å². The number of carbonyl (C=O) groups is 1. The quantitative estimate of drug-likeness (QED) is 0.483. The van der Waals surface area contributed by atoms with Gasteiger partial charge in [0.25, 0.3) is 5.56 Å². The van der Waals surface area contributed by atoms with Crippen LogP contribution in [0.2, 0.25) is 0 Å². The molecule has 0 aliphatic heterocycles. The predicted octanol–water partition coefficient (Wildman–Crippen LogP) is 2.87. The second-order valence-corrected chi connectivity index (χ2v) is 6.63. The van der Waals surface area contributed by atoms with Crippen LogP contribution in [0.4, 0.5) is 5.69 Å². The summed E-state index contributed by atoms with van der Waals surface area (Å²) in [7, 11) is 0. The van der Waals surface area contributed by atoms with Crippen LogP contribution in [0, 0.1) is 0 Å². The predicted molar refractivity (Wildman–Crippen MR) is 107 cm³/mol. The van der Waals surface area contributed by atoms with Gasteiger partial charge in [-0.05, 0) is 43.2 Å². The van der Waals surface area contributed by atoms with E-state index in [4.69, 9.17) is 0 Å². The van der Waals surface area contributed by atoms with Crippen molar-refractivity contribution in [1.29, 1.82) is 0 Å².